The van der Waals surface area contributed by atoms with Gasteiger partial charge in [0.15, 0.2) is 23.0 Å². The van der Waals surface area contributed by atoms with E-state index >= 15 is 0 Å². The molecular formula is C13H12INO2. The Morgan fingerprint density at radius 3 is 2.71 bits per heavy atom. The first-order chi connectivity index (χ1) is 8.14. The molecule has 0 atom stereocenters. The van der Waals surface area contributed by atoms with Crippen molar-refractivity contribution >= 4 is 29.0 Å². The van der Waals surface area contributed by atoms with Gasteiger partial charge in [0, 0.05) is 0 Å². The van der Waals surface area contributed by atoms with E-state index in [-0.39, 0.29) is 5.97 Å². The van der Waals surface area contributed by atoms with E-state index in [2.05, 4.69) is 6.07 Å². The number of benzene rings is 1. The van der Waals surface area contributed by atoms with Crippen molar-refractivity contribution in [1.82, 2.24) is 0 Å². The summed E-state index contributed by atoms with van der Waals surface area (Å²) in [5.41, 5.74) is 1.77. The van der Waals surface area contributed by atoms with Gasteiger partial charge in [-0.05, 0) is 37.3 Å². The quantitative estimate of drug-likeness (QED) is 0.775. The number of hydrogen-bond acceptors (Lipinski definition) is 3. The second kappa shape index (κ2) is 4.65. The van der Waals surface area contributed by atoms with E-state index < -0.39 is 5.41 Å². The Balaban J connectivity index is 2.58. The standard InChI is InChI=1S/C13H12INO2/c1-9-4-2-5-10(11(9)12(16)17-14)13(8-15)6-3-7-13/h2,4-5H,3,6-7H2,1H3. The van der Waals surface area contributed by atoms with E-state index in [0.29, 0.717) is 5.56 Å². The molecular weight excluding hydrogens is 329 g/mol. The average molecular weight is 341 g/mol. The van der Waals surface area contributed by atoms with Crippen molar-refractivity contribution in [2.24, 2.45) is 0 Å². The van der Waals surface area contributed by atoms with Crippen LogP contribution in [-0.2, 0) is 8.48 Å². The van der Waals surface area contributed by atoms with Gasteiger partial charge in [-0.2, -0.15) is 5.26 Å². The van der Waals surface area contributed by atoms with Gasteiger partial charge in [0.2, 0.25) is 0 Å². The summed E-state index contributed by atoms with van der Waals surface area (Å²) in [4.78, 5) is 11.8. The highest BCUT2D eigenvalue weighted by molar-refractivity contribution is 14.1. The Kier molecular flexibility index (Phi) is 3.38. The predicted octanol–water partition coefficient (Wildman–Crippen LogP) is 3.45. The molecule has 0 amide bonds. The Morgan fingerprint density at radius 2 is 2.24 bits per heavy atom. The molecule has 2 rings (SSSR count). The van der Waals surface area contributed by atoms with E-state index in [9.17, 15) is 10.1 Å². The minimum atomic E-state index is -0.480. The molecule has 0 radical (unpaired) electrons. The first-order valence-corrected chi connectivity index (χ1v) is 6.37. The van der Waals surface area contributed by atoms with Crippen molar-refractivity contribution in [2.45, 2.75) is 31.6 Å². The number of halogens is 1. The van der Waals surface area contributed by atoms with Crippen LogP contribution in [0.1, 0.15) is 40.7 Å². The van der Waals surface area contributed by atoms with Gasteiger partial charge >= 0.3 is 5.97 Å². The molecule has 1 saturated carbocycles. The van der Waals surface area contributed by atoms with Crippen molar-refractivity contribution in [3.8, 4) is 6.07 Å². The van der Waals surface area contributed by atoms with Crippen molar-refractivity contribution in [1.29, 1.82) is 5.26 Å². The third-order valence-corrected chi connectivity index (χ3v) is 3.88. The monoisotopic (exact) mass is 341 g/mol. The summed E-state index contributed by atoms with van der Waals surface area (Å²) in [6.07, 6.45) is 2.70. The molecule has 0 unspecified atom stereocenters. The van der Waals surface area contributed by atoms with Crippen molar-refractivity contribution in [3.63, 3.8) is 0 Å². The van der Waals surface area contributed by atoms with Crippen LogP contribution in [0.3, 0.4) is 0 Å². The van der Waals surface area contributed by atoms with Crippen LogP contribution in [0, 0.1) is 18.3 Å². The van der Waals surface area contributed by atoms with Crippen LogP contribution < -0.4 is 0 Å². The van der Waals surface area contributed by atoms with Crippen molar-refractivity contribution < 1.29 is 7.86 Å². The molecule has 0 bridgehead atoms. The zero-order valence-corrected chi connectivity index (χ0v) is 11.7. The Morgan fingerprint density at radius 1 is 1.53 bits per heavy atom. The fourth-order valence-electron chi connectivity index (χ4n) is 2.35. The van der Waals surface area contributed by atoms with Gasteiger partial charge in [-0.15, -0.1) is 0 Å². The average Bonchev–Trinajstić information content (AvgIpc) is 2.28. The van der Waals surface area contributed by atoms with Crippen LogP contribution in [0.5, 0.6) is 0 Å². The predicted molar refractivity (Wildman–Crippen MR) is 71.8 cm³/mol. The number of carbonyl (C=O) groups is 1. The maximum absolute atomic E-state index is 11.8. The second-order valence-electron chi connectivity index (χ2n) is 4.41. The Bertz CT molecular complexity index is 501. The number of rotatable bonds is 2. The van der Waals surface area contributed by atoms with Crippen LogP contribution in [0.2, 0.25) is 0 Å². The first-order valence-electron chi connectivity index (χ1n) is 5.49. The van der Waals surface area contributed by atoms with Crippen LogP contribution in [0.15, 0.2) is 18.2 Å². The summed E-state index contributed by atoms with van der Waals surface area (Å²) >= 11 is 1.59. The summed E-state index contributed by atoms with van der Waals surface area (Å²) in [5.74, 6) is -0.361. The van der Waals surface area contributed by atoms with Crippen molar-refractivity contribution in [2.75, 3.05) is 0 Å². The Labute approximate surface area is 114 Å². The zero-order chi connectivity index (χ0) is 12.5. The lowest BCUT2D eigenvalue weighted by Gasteiger charge is -2.36. The summed E-state index contributed by atoms with van der Waals surface area (Å²) in [5, 5.41) is 9.36. The lowest BCUT2D eigenvalue weighted by Crippen LogP contribution is -2.34. The third-order valence-electron chi connectivity index (χ3n) is 3.48. The van der Waals surface area contributed by atoms with E-state index in [4.69, 9.17) is 3.07 Å². The molecule has 1 aromatic carbocycles. The largest absolute Gasteiger partial charge is 0.391 e. The zero-order valence-electron chi connectivity index (χ0n) is 9.50. The fourth-order valence-corrected chi connectivity index (χ4v) is 2.57. The molecule has 0 N–H and O–H groups in total. The van der Waals surface area contributed by atoms with Gasteiger partial charge < -0.3 is 3.07 Å². The third kappa shape index (κ3) is 1.93. The van der Waals surface area contributed by atoms with E-state index in [1.165, 1.54) is 0 Å². The fraction of sp³-hybridized carbons (Fsp3) is 0.385. The van der Waals surface area contributed by atoms with Crippen molar-refractivity contribution in [3.05, 3.63) is 34.9 Å². The molecule has 0 heterocycles. The van der Waals surface area contributed by atoms with Crippen LogP contribution >= 0.6 is 23.0 Å². The molecule has 1 aliphatic carbocycles. The summed E-state index contributed by atoms with van der Waals surface area (Å²) in [7, 11) is 0. The van der Waals surface area contributed by atoms with Crippen LogP contribution in [-0.4, -0.2) is 5.97 Å². The highest BCUT2D eigenvalue weighted by atomic mass is 127. The van der Waals surface area contributed by atoms with Gasteiger partial charge in [-0.3, -0.25) is 0 Å². The smallest absolute Gasteiger partial charge is 0.348 e. The van der Waals surface area contributed by atoms with E-state index in [1.807, 2.05) is 25.1 Å². The molecule has 4 heteroatoms. The summed E-state index contributed by atoms with van der Waals surface area (Å²) < 4.78 is 4.79. The molecule has 88 valence electrons. The normalized spacial score (nSPS) is 16.8. The highest BCUT2D eigenvalue weighted by Crippen LogP contribution is 2.45. The SMILES string of the molecule is Cc1cccc(C2(C#N)CCC2)c1C(=O)OI. The lowest BCUT2D eigenvalue weighted by molar-refractivity contribution is 0.0795. The van der Waals surface area contributed by atoms with Gasteiger partial charge in [0.05, 0.1) is 17.0 Å². The molecule has 3 nitrogen and oxygen atoms in total. The summed E-state index contributed by atoms with van der Waals surface area (Å²) in [6.45, 7) is 1.87. The Hall–Kier alpha value is -1.09. The highest BCUT2D eigenvalue weighted by Gasteiger charge is 2.42. The maximum Gasteiger partial charge on any atom is 0.348 e. The van der Waals surface area contributed by atoms with Gasteiger partial charge in [-0.1, -0.05) is 18.2 Å². The lowest BCUT2D eigenvalue weighted by atomic mass is 9.64. The van der Waals surface area contributed by atoms with Gasteiger partial charge in [-0.25, -0.2) is 4.79 Å². The van der Waals surface area contributed by atoms with Gasteiger partial charge in [0.1, 0.15) is 0 Å². The number of nitrogens with zero attached hydrogens (tertiary/aromatic N) is 1. The number of nitriles is 1. The maximum atomic E-state index is 11.8. The molecule has 17 heavy (non-hydrogen) atoms. The molecule has 0 spiro atoms. The van der Waals surface area contributed by atoms with E-state index in [1.54, 1.807) is 23.0 Å². The molecule has 0 aliphatic heterocycles. The first kappa shape index (κ1) is 12.4. The molecule has 0 saturated heterocycles. The second-order valence-corrected chi connectivity index (χ2v) is 4.85. The summed E-state index contributed by atoms with van der Waals surface area (Å²) in [6, 6.07) is 8.01. The van der Waals surface area contributed by atoms with Crippen LogP contribution in [0.4, 0.5) is 0 Å². The number of hydrogen-bond donors (Lipinski definition) is 0. The molecule has 1 aromatic rings. The number of aryl methyl sites for hydroxylation is 1. The molecule has 0 aromatic heterocycles. The van der Waals surface area contributed by atoms with Crippen LogP contribution in [0.25, 0.3) is 0 Å². The topological polar surface area (TPSA) is 50.1 Å². The molecule has 1 aliphatic rings. The van der Waals surface area contributed by atoms with Gasteiger partial charge in [0.25, 0.3) is 0 Å². The minimum absolute atomic E-state index is 0.361. The van der Waals surface area contributed by atoms with E-state index in [0.717, 1.165) is 30.4 Å². The number of carbonyl (C=O) groups excluding carboxylic acids is 1. The minimum Gasteiger partial charge on any atom is -0.391 e. The molecule has 1 fully saturated rings.